The minimum absolute atomic E-state index is 0.00509. The largest absolute Gasteiger partial charge is 0.393 e. The quantitative estimate of drug-likeness (QED) is 0.186. The Kier molecular flexibility index (Phi) is 29.8. The molecular formula is C75H120ClF3N12O12. The van der Waals surface area contributed by atoms with Crippen molar-refractivity contribution >= 4 is 82.5 Å². The topological polar surface area (TPSA) is 270 Å². The van der Waals surface area contributed by atoms with Crippen molar-refractivity contribution in [2.75, 3.05) is 88.6 Å². The van der Waals surface area contributed by atoms with Crippen molar-refractivity contribution in [2.45, 2.75) is 279 Å². The number of nitrogens with one attached hydrogen (secondary N) is 3. The van der Waals surface area contributed by atoms with Crippen LogP contribution in [-0.4, -0.2) is 263 Å². The van der Waals surface area contributed by atoms with Crippen LogP contribution in [0.1, 0.15) is 219 Å². The molecule has 8 rings (SSSR count). The Morgan fingerprint density at radius 3 is 1.71 bits per heavy atom. The van der Waals surface area contributed by atoms with Crippen molar-refractivity contribution in [1.82, 2.24) is 60.0 Å². The summed E-state index contributed by atoms with van der Waals surface area (Å²) in [6, 6.07) is -8.40. The first kappa shape index (κ1) is 82.4. The van der Waals surface area contributed by atoms with Crippen molar-refractivity contribution in [2.24, 2.45) is 35.5 Å². The van der Waals surface area contributed by atoms with E-state index in [-0.39, 0.29) is 100 Å². The van der Waals surface area contributed by atoms with Crippen LogP contribution in [0.5, 0.6) is 0 Å². The maximum absolute atomic E-state index is 15.9. The second-order valence-corrected chi connectivity index (χ2v) is 32.8. The van der Waals surface area contributed by atoms with Crippen molar-refractivity contribution in [3.05, 3.63) is 0 Å². The van der Waals surface area contributed by atoms with Crippen molar-refractivity contribution in [1.29, 1.82) is 0 Å². The highest BCUT2D eigenvalue weighted by Crippen LogP contribution is 2.44. The molecule has 3 unspecified atom stereocenters. The highest BCUT2D eigenvalue weighted by molar-refractivity contribution is 6.21. The van der Waals surface area contributed by atoms with Crippen molar-refractivity contribution in [3.63, 3.8) is 0 Å². The summed E-state index contributed by atoms with van der Waals surface area (Å²) in [5.74, 6) is -10.1. The number of likely N-dealkylation sites (N-methyl/N-ethyl adjacent to an activating group) is 7. The third-order valence-electron chi connectivity index (χ3n) is 24.4. The average molecular weight is 1470 g/mol. The fourth-order valence-electron chi connectivity index (χ4n) is 18.0. The minimum atomic E-state index is -4.51. The molecule has 0 bridgehead atoms. The summed E-state index contributed by atoms with van der Waals surface area (Å²) in [5, 5.41) is 7.79. The van der Waals surface area contributed by atoms with Crippen molar-refractivity contribution in [3.8, 4) is 0 Å². The normalized spacial score (nSPS) is 30.3. The lowest BCUT2D eigenvalue weighted by atomic mass is 9.78. The number of piperidine rings is 1. The predicted molar refractivity (Wildman–Crippen MR) is 382 cm³/mol. The SMILES string of the molecule is CC(C)C[C@H]1C(=O)N[C@@H](C2CCCCC2)C(=O)N(C)CC(=O)N(C)CC(=O)N(C)[C@@H](CC2CCCCC2)C(=O)N(C)CC(=O)N[C@@H](CCC2CCC(C(F)(F)F)C(Cl)C2)C(=O)N2CCC[C@H]2C(=O)NC2(CCCC2)C(=O)N(C)[C@@H](C2CCCCC2)C(=O)N(C)[C@H](C(=O)N2CCCCC2)CC(=O)N1C. The van der Waals surface area contributed by atoms with E-state index in [0.717, 1.165) is 81.9 Å². The van der Waals surface area contributed by atoms with Gasteiger partial charge in [-0.1, -0.05) is 97.3 Å². The molecule has 5 aliphatic carbocycles. The Hall–Kier alpha value is -6.28. The summed E-state index contributed by atoms with van der Waals surface area (Å²) in [6.07, 6.45) is 11.4. The van der Waals surface area contributed by atoms with Gasteiger partial charge in [-0.15, -0.1) is 11.6 Å². The lowest BCUT2D eigenvalue weighted by molar-refractivity contribution is -0.182. The number of fused-ring (bicyclic) bond motifs is 1. The van der Waals surface area contributed by atoms with E-state index in [0.29, 0.717) is 70.9 Å². The maximum atomic E-state index is 15.9. The van der Waals surface area contributed by atoms with Gasteiger partial charge in [-0.2, -0.15) is 13.2 Å². The molecule has 8 aliphatic rings. The highest BCUT2D eigenvalue weighted by Gasteiger charge is 2.52. The number of likely N-dealkylation sites (tertiary alicyclic amines) is 1. The minimum Gasteiger partial charge on any atom is -0.343 e. The fourth-order valence-corrected chi connectivity index (χ4v) is 18.5. The first-order chi connectivity index (χ1) is 48.8. The molecule has 24 nitrogen and oxygen atoms in total. The molecule has 8 fully saturated rings. The van der Waals surface area contributed by atoms with E-state index >= 15 is 33.6 Å². The summed E-state index contributed by atoms with van der Waals surface area (Å²) in [7, 11) is 10.2. The molecule has 28 heteroatoms. The number of halogens is 4. The molecule has 10 atom stereocenters. The van der Waals surface area contributed by atoms with Gasteiger partial charge in [0, 0.05) is 74.3 Å². The zero-order valence-electron chi connectivity index (χ0n) is 62.9. The number of rotatable bonds is 10. The van der Waals surface area contributed by atoms with Crippen LogP contribution in [-0.2, 0) is 57.5 Å². The monoisotopic (exact) mass is 1470 g/mol. The molecule has 0 aromatic heterocycles. The third-order valence-corrected chi connectivity index (χ3v) is 24.8. The van der Waals surface area contributed by atoms with Gasteiger partial charge in [-0.25, -0.2) is 0 Å². The summed E-state index contributed by atoms with van der Waals surface area (Å²) in [5.41, 5.74) is -1.55. The van der Waals surface area contributed by atoms with E-state index in [1.54, 1.807) is 11.9 Å². The van der Waals surface area contributed by atoms with Crippen molar-refractivity contribution < 1.29 is 70.7 Å². The molecule has 580 valence electrons. The number of amides is 12. The second kappa shape index (κ2) is 37.3. The number of carbonyl (C=O) groups is 12. The Labute approximate surface area is 613 Å². The number of hydrogen-bond acceptors (Lipinski definition) is 12. The molecule has 0 aromatic rings. The van der Waals surface area contributed by atoms with Crippen LogP contribution < -0.4 is 16.0 Å². The number of carbonyl (C=O) groups excluding carboxylic acids is 12. The van der Waals surface area contributed by atoms with Gasteiger partial charge in [0.1, 0.15) is 47.8 Å². The van der Waals surface area contributed by atoms with Gasteiger partial charge < -0.3 is 60.0 Å². The number of alkyl halides is 4. The Morgan fingerprint density at radius 2 is 1.11 bits per heavy atom. The lowest BCUT2D eigenvalue weighted by Crippen LogP contribution is -2.65. The van der Waals surface area contributed by atoms with E-state index in [2.05, 4.69) is 16.0 Å². The van der Waals surface area contributed by atoms with Crippen LogP contribution in [0.2, 0.25) is 0 Å². The van der Waals surface area contributed by atoms with E-state index < -0.39 is 162 Å². The molecule has 5 saturated carbocycles. The van der Waals surface area contributed by atoms with Gasteiger partial charge in [0.25, 0.3) is 0 Å². The van der Waals surface area contributed by atoms with Crippen LogP contribution in [0.15, 0.2) is 0 Å². The summed E-state index contributed by atoms with van der Waals surface area (Å²) in [6.45, 7) is 3.07. The summed E-state index contributed by atoms with van der Waals surface area (Å²) < 4.78 is 42.1. The van der Waals surface area contributed by atoms with Gasteiger partial charge in [-0.05, 0) is 145 Å². The molecular weight excluding hydrogens is 1350 g/mol. The molecule has 0 aromatic carbocycles. The maximum Gasteiger partial charge on any atom is 0.393 e. The number of nitrogens with zero attached hydrogens (tertiary/aromatic N) is 9. The zero-order valence-corrected chi connectivity index (χ0v) is 63.6. The third kappa shape index (κ3) is 21.1. The smallest absolute Gasteiger partial charge is 0.343 e. The van der Waals surface area contributed by atoms with E-state index in [1.165, 1.54) is 76.6 Å². The molecule has 3 saturated heterocycles. The van der Waals surface area contributed by atoms with E-state index in [9.17, 15) is 37.1 Å². The van der Waals surface area contributed by atoms with Gasteiger partial charge in [0.2, 0.25) is 70.9 Å². The van der Waals surface area contributed by atoms with Gasteiger partial charge in [0.15, 0.2) is 0 Å². The van der Waals surface area contributed by atoms with Crippen LogP contribution in [0.25, 0.3) is 0 Å². The highest BCUT2D eigenvalue weighted by atomic mass is 35.5. The molecule has 12 amide bonds. The summed E-state index contributed by atoms with van der Waals surface area (Å²) in [4.78, 5) is 193. The first-order valence-electron chi connectivity index (χ1n) is 38.8. The molecule has 1 spiro atoms. The lowest BCUT2D eigenvalue weighted by Gasteiger charge is -2.43. The molecule has 103 heavy (non-hydrogen) atoms. The van der Waals surface area contributed by atoms with Gasteiger partial charge in [0.05, 0.1) is 32.0 Å². The van der Waals surface area contributed by atoms with Crippen LogP contribution in [0, 0.1) is 35.5 Å². The zero-order chi connectivity index (χ0) is 75.2. The van der Waals surface area contributed by atoms with Gasteiger partial charge in [-0.3, -0.25) is 57.5 Å². The molecule has 3 N–H and O–H groups in total. The van der Waals surface area contributed by atoms with Crippen LogP contribution >= 0.6 is 11.6 Å². The molecule has 0 radical (unpaired) electrons. The fraction of sp³-hybridized carbons (Fsp3) is 0.840. The standard InChI is InChI=1S/C75H120ClF3N12O12/c1-48(2)41-57-66(96)81-64(51-27-16-11-17-28-51)71(101)85(5)46-62(94)83(3)47-63(95)87(7)58(43-49-25-14-10-15-26-49)69(99)84(4)45-60(92)80-55(35-33-50-32-34-53(54(76)42-50)75(77,78)79)68(98)91-40-24-31-56(91)67(97)82-74(36-20-21-37-74)73(103)89(9)65(52-29-18-12-19-30-52)72(102)88(8)59(44-61(93)86(57)6)70(100)90-38-22-13-23-39-90/h48-59,64-65H,10-47H2,1-9H3,(H,80,92)(H,81,96)(H,82,97)/t50?,53?,54?,55-,56-,57-,58-,59-,64-,65-/m0/s1. The molecule has 3 heterocycles. The Balaban J connectivity index is 1.16. The second-order valence-electron chi connectivity index (χ2n) is 32.3. The molecule has 3 aliphatic heterocycles. The van der Waals surface area contributed by atoms with E-state index in [1.807, 2.05) is 13.8 Å². The summed E-state index contributed by atoms with van der Waals surface area (Å²) >= 11 is 6.42. The van der Waals surface area contributed by atoms with E-state index in [4.69, 9.17) is 11.6 Å². The average Bonchev–Trinajstić information content (AvgIpc) is 1.75. The predicted octanol–water partition coefficient (Wildman–Crippen LogP) is 7.02. The van der Waals surface area contributed by atoms with Gasteiger partial charge >= 0.3 is 6.18 Å². The van der Waals surface area contributed by atoms with Crippen LogP contribution in [0.3, 0.4) is 0 Å². The number of hydrogen-bond donors (Lipinski definition) is 3. The first-order valence-corrected chi connectivity index (χ1v) is 39.3. The van der Waals surface area contributed by atoms with Crippen LogP contribution in [0.4, 0.5) is 13.2 Å². The Morgan fingerprint density at radius 1 is 0.534 bits per heavy atom. The Bertz CT molecular complexity index is 2990.